The summed E-state index contributed by atoms with van der Waals surface area (Å²) in [4.78, 5) is 16.5. The predicted molar refractivity (Wildman–Crippen MR) is 101 cm³/mol. The van der Waals surface area contributed by atoms with Gasteiger partial charge in [0.05, 0.1) is 5.69 Å². The molecule has 2 amide bonds. The van der Waals surface area contributed by atoms with E-state index in [-0.39, 0.29) is 6.03 Å². The van der Waals surface area contributed by atoms with Crippen molar-refractivity contribution >= 4 is 39.8 Å². The van der Waals surface area contributed by atoms with E-state index < -0.39 is 0 Å². The van der Waals surface area contributed by atoms with Gasteiger partial charge in [-0.2, -0.15) is 0 Å². The van der Waals surface area contributed by atoms with Crippen molar-refractivity contribution in [3.63, 3.8) is 0 Å². The topological polar surface area (TPSA) is 54.0 Å². The highest BCUT2D eigenvalue weighted by Crippen LogP contribution is 2.25. The lowest BCUT2D eigenvalue weighted by Crippen LogP contribution is -2.19. The molecule has 0 aliphatic rings. The number of halogens is 1. The van der Waals surface area contributed by atoms with Crippen molar-refractivity contribution in [3.8, 4) is 11.3 Å². The summed E-state index contributed by atoms with van der Waals surface area (Å²) in [7, 11) is 0. The molecule has 3 rings (SSSR count). The van der Waals surface area contributed by atoms with E-state index in [0.717, 1.165) is 17.7 Å². The predicted octanol–water partition coefficient (Wildman–Crippen LogP) is 5.67. The molecular formula is C18H16ClN3OS. The summed E-state index contributed by atoms with van der Waals surface area (Å²) in [6, 6.07) is 14.9. The Hall–Kier alpha value is -2.37. The molecule has 24 heavy (non-hydrogen) atoms. The second kappa shape index (κ2) is 7.47. The van der Waals surface area contributed by atoms with Gasteiger partial charge in [-0.1, -0.05) is 42.8 Å². The van der Waals surface area contributed by atoms with Gasteiger partial charge in [-0.15, -0.1) is 11.3 Å². The Labute approximate surface area is 149 Å². The van der Waals surface area contributed by atoms with E-state index in [9.17, 15) is 4.79 Å². The number of hydrogen-bond acceptors (Lipinski definition) is 3. The molecule has 0 aliphatic heterocycles. The lowest BCUT2D eigenvalue weighted by atomic mass is 10.1. The number of aryl methyl sites for hydroxylation is 1. The van der Waals surface area contributed by atoms with Crippen molar-refractivity contribution in [2.45, 2.75) is 13.3 Å². The number of thiazole rings is 1. The number of carbonyl (C=O) groups excluding carboxylic acids is 1. The van der Waals surface area contributed by atoms with Crippen LogP contribution in [0, 0.1) is 0 Å². The molecule has 1 heterocycles. The van der Waals surface area contributed by atoms with Gasteiger partial charge >= 0.3 is 6.03 Å². The summed E-state index contributed by atoms with van der Waals surface area (Å²) in [5.74, 6) is 0. The van der Waals surface area contributed by atoms with Crippen LogP contribution in [0.15, 0.2) is 53.9 Å². The Morgan fingerprint density at radius 3 is 2.46 bits per heavy atom. The van der Waals surface area contributed by atoms with Gasteiger partial charge in [-0.25, -0.2) is 9.78 Å². The van der Waals surface area contributed by atoms with Crippen LogP contribution in [0.4, 0.5) is 15.6 Å². The summed E-state index contributed by atoms with van der Waals surface area (Å²) in [5, 5.41) is 8.59. The highest BCUT2D eigenvalue weighted by Gasteiger charge is 2.08. The Balaban J connectivity index is 1.64. The fourth-order valence-corrected chi connectivity index (χ4v) is 3.01. The molecular weight excluding hydrogens is 342 g/mol. The average Bonchev–Trinajstić information content (AvgIpc) is 3.05. The first-order valence-corrected chi connectivity index (χ1v) is 8.78. The lowest BCUT2D eigenvalue weighted by molar-refractivity contribution is 0.262. The lowest BCUT2D eigenvalue weighted by Gasteiger charge is -2.05. The summed E-state index contributed by atoms with van der Waals surface area (Å²) in [6.45, 7) is 2.12. The van der Waals surface area contributed by atoms with Crippen LogP contribution in [0.3, 0.4) is 0 Å². The first-order chi connectivity index (χ1) is 11.6. The number of nitrogens with zero attached hydrogens (tertiary/aromatic N) is 1. The molecule has 0 fully saturated rings. The van der Waals surface area contributed by atoms with E-state index >= 15 is 0 Å². The summed E-state index contributed by atoms with van der Waals surface area (Å²) < 4.78 is 0. The number of hydrogen-bond donors (Lipinski definition) is 2. The molecule has 0 aliphatic carbocycles. The zero-order valence-corrected chi connectivity index (χ0v) is 14.6. The van der Waals surface area contributed by atoms with Gasteiger partial charge in [0.15, 0.2) is 5.13 Å². The van der Waals surface area contributed by atoms with E-state index in [4.69, 9.17) is 11.6 Å². The van der Waals surface area contributed by atoms with Crippen LogP contribution >= 0.6 is 22.9 Å². The second-order valence-electron chi connectivity index (χ2n) is 5.17. The van der Waals surface area contributed by atoms with Gasteiger partial charge in [0.2, 0.25) is 0 Å². The van der Waals surface area contributed by atoms with Gasteiger partial charge in [-0.3, -0.25) is 5.32 Å². The van der Waals surface area contributed by atoms with Crippen molar-refractivity contribution < 1.29 is 4.79 Å². The Kier molecular flexibility index (Phi) is 5.13. The average molecular weight is 358 g/mol. The van der Waals surface area contributed by atoms with E-state index in [1.807, 2.05) is 17.5 Å². The molecule has 6 heteroatoms. The van der Waals surface area contributed by atoms with Crippen LogP contribution in [-0.2, 0) is 6.42 Å². The minimum atomic E-state index is -0.334. The van der Waals surface area contributed by atoms with Crippen molar-refractivity contribution in [2.24, 2.45) is 0 Å². The smallest absolute Gasteiger partial charge is 0.308 e. The molecule has 0 saturated carbocycles. The summed E-state index contributed by atoms with van der Waals surface area (Å²) in [6.07, 6.45) is 1.01. The molecule has 4 nitrogen and oxygen atoms in total. The molecule has 3 aromatic rings. The van der Waals surface area contributed by atoms with Crippen LogP contribution in [0.1, 0.15) is 12.5 Å². The highest BCUT2D eigenvalue weighted by molar-refractivity contribution is 7.14. The number of carbonyl (C=O) groups is 1. The van der Waals surface area contributed by atoms with Crippen LogP contribution in [-0.4, -0.2) is 11.0 Å². The van der Waals surface area contributed by atoms with Crippen molar-refractivity contribution in [2.75, 3.05) is 10.6 Å². The molecule has 0 spiro atoms. The number of nitrogens with one attached hydrogen (secondary N) is 2. The minimum absolute atomic E-state index is 0.334. The Bertz CT molecular complexity index is 828. The number of benzene rings is 2. The van der Waals surface area contributed by atoms with Gasteiger partial charge in [0.1, 0.15) is 0 Å². The normalized spacial score (nSPS) is 10.4. The highest BCUT2D eigenvalue weighted by atomic mass is 35.5. The zero-order valence-electron chi connectivity index (χ0n) is 13.0. The monoisotopic (exact) mass is 357 g/mol. The van der Waals surface area contributed by atoms with Gasteiger partial charge in [0, 0.05) is 21.7 Å². The van der Waals surface area contributed by atoms with E-state index in [1.165, 1.54) is 16.9 Å². The maximum absolute atomic E-state index is 12.0. The van der Waals surface area contributed by atoms with E-state index in [1.54, 1.807) is 24.3 Å². The third-order valence-electron chi connectivity index (χ3n) is 3.48. The molecule has 2 aromatic carbocycles. The standard InChI is InChI=1S/C18H16ClN3OS/c1-2-12-3-5-13(6-4-12)16-11-24-18(21-16)22-17(23)20-15-9-7-14(19)8-10-15/h3-11H,2H2,1H3,(H2,20,21,22,23). The van der Waals surface area contributed by atoms with Crippen LogP contribution in [0.5, 0.6) is 0 Å². The Morgan fingerprint density at radius 1 is 1.08 bits per heavy atom. The zero-order chi connectivity index (χ0) is 16.9. The number of aromatic nitrogens is 1. The van der Waals surface area contributed by atoms with Gasteiger partial charge in [-0.05, 0) is 36.2 Å². The van der Waals surface area contributed by atoms with Crippen molar-refractivity contribution in [1.82, 2.24) is 4.98 Å². The van der Waals surface area contributed by atoms with Gasteiger partial charge in [0.25, 0.3) is 0 Å². The van der Waals surface area contributed by atoms with Gasteiger partial charge < -0.3 is 5.32 Å². The molecule has 0 radical (unpaired) electrons. The fraction of sp³-hybridized carbons (Fsp3) is 0.111. The summed E-state index contributed by atoms with van der Waals surface area (Å²) >= 11 is 7.21. The number of rotatable bonds is 4. The number of anilines is 2. The molecule has 0 saturated heterocycles. The van der Waals surface area contributed by atoms with Crippen molar-refractivity contribution in [3.05, 3.63) is 64.5 Å². The quantitative estimate of drug-likeness (QED) is 0.632. The molecule has 0 bridgehead atoms. The minimum Gasteiger partial charge on any atom is -0.308 e. The third-order valence-corrected chi connectivity index (χ3v) is 4.49. The van der Waals surface area contributed by atoms with E-state index in [2.05, 4.69) is 34.7 Å². The van der Waals surface area contributed by atoms with E-state index in [0.29, 0.717) is 15.8 Å². The van der Waals surface area contributed by atoms with Crippen LogP contribution in [0.2, 0.25) is 5.02 Å². The Morgan fingerprint density at radius 2 is 1.79 bits per heavy atom. The second-order valence-corrected chi connectivity index (χ2v) is 6.47. The maximum Gasteiger partial charge on any atom is 0.325 e. The largest absolute Gasteiger partial charge is 0.325 e. The summed E-state index contributed by atoms with van der Waals surface area (Å²) in [5.41, 5.74) is 3.84. The molecule has 0 atom stereocenters. The third kappa shape index (κ3) is 4.13. The molecule has 1 aromatic heterocycles. The fourth-order valence-electron chi connectivity index (χ4n) is 2.17. The molecule has 2 N–H and O–H groups in total. The van der Waals surface area contributed by atoms with Crippen LogP contribution < -0.4 is 10.6 Å². The molecule has 0 unspecified atom stereocenters. The van der Waals surface area contributed by atoms with Crippen LogP contribution in [0.25, 0.3) is 11.3 Å². The molecule has 122 valence electrons. The first-order valence-electron chi connectivity index (χ1n) is 7.52. The number of amides is 2. The number of urea groups is 1. The first kappa shape index (κ1) is 16.5. The SMILES string of the molecule is CCc1ccc(-c2csc(NC(=O)Nc3ccc(Cl)cc3)n2)cc1. The maximum atomic E-state index is 12.0. The van der Waals surface area contributed by atoms with Crippen molar-refractivity contribution in [1.29, 1.82) is 0 Å².